The van der Waals surface area contributed by atoms with Crippen molar-refractivity contribution in [1.29, 1.82) is 0 Å². The Kier molecular flexibility index (Phi) is 5.05. The molecule has 1 aliphatic rings. The van der Waals surface area contributed by atoms with Gasteiger partial charge in [0.2, 0.25) is 0 Å². The molecule has 0 spiro atoms. The number of thioether (sulfide) groups is 1. The number of nitrogens with one attached hydrogen (secondary N) is 1. The van der Waals surface area contributed by atoms with Crippen molar-refractivity contribution in [2.24, 2.45) is 0 Å². The minimum absolute atomic E-state index is 0.0985. The van der Waals surface area contributed by atoms with Crippen molar-refractivity contribution in [1.82, 2.24) is 14.9 Å². The van der Waals surface area contributed by atoms with Gasteiger partial charge in [0.1, 0.15) is 4.83 Å². The topological polar surface area (TPSA) is 67.4 Å². The molecule has 8 heteroatoms. The third-order valence-electron chi connectivity index (χ3n) is 4.17. The first-order valence-electron chi connectivity index (χ1n) is 8.28. The number of aromatic nitrogens is 2. The molecular weight excluding hydrogens is 368 g/mol. The summed E-state index contributed by atoms with van der Waals surface area (Å²) in [4.78, 5) is 24.4. The van der Waals surface area contributed by atoms with Crippen LogP contribution in [0.3, 0.4) is 0 Å². The lowest BCUT2D eigenvalue weighted by Crippen LogP contribution is -2.43. The lowest BCUT2D eigenvalue weighted by molar-refractivity contribution is 0.0564. The molecule has 2 aromatic heterocycles. The van der Waals surface area contributed by atoms with E-state index in [-0.39, 0.29) is 6.03 Å². The zero-order chi connectivity index (χ0) is 17.9. The highest BCUT2D eigenvalue weighted by molar-refractivity contribution is 7.98. The number of rotatable bonds is 3. The van der Waals surface area contributed by atoms with Crippen LogP contribution in [0.2, 0.25) is 0 Å². The van der Waals surface area contributed by atoms with Gasteiger partial charge in [0.05, 0.1) is 18.9 Å². The first-order chi connectivity index (χ1) is 12.7. The van der Waals surface area contributed by atoms with E-state index < -0.39 is 0 Å². The van der Waals surface area contributed by atoms with Crippen LogP contribution in [0.5, 0.6) is 0 Å². The lowest BCUT2D eigenvalue weighted by Gasteiger charge is -2.27. The van der Waals surface area contributed by atoms with Gasteiger partial charge >= 0.3 is 6.03 Å². The van der Waals surface area contributed by atoms with Crippen LogP contribution < -0.4 is 5.32 Å². The highest BCUT2D eigenvalue weighted by Crippen LogP contribution is 2.32. The molecule has 1 saturated heterocycles. The zero-order valence-electron chi connectivity index (χ0n) is 14.3. The van der Waals surface area contributed by atoms with Gasteiger partial charge in [-0.2, -0.15) is 0 Å². The maximum atomic E-state index is 12.4. The summed E-state index contributed by atoms with van der Waals surface area (Å²) in [6.07, 6.45) is 1.97. The van der Waals surface area contributed by atoms with Crippen LogP contribution >= 0.6 is 23.1 Å². The average Bonchev–Trinajstić information content (AvgIpc) is 3.16. The van der Waals surface area contributed by atoms with E-state index in [1.54, 1.807) is 16.2 Å². The number of nitrogens with zero attached hydrogens (tertiary/aromatic N) is 3. The summed E-state index contributed by atoms with van der Waals surface area (Å²) >= 11 is 3.13. The van der Waals surface area contributed by atoms with E-state index in [0.717, 1.165) is 32.3 Å². The van der Waals surface area contributed by atoms with Crippen molar-refractivity contribution in [2.45, 2.75) is 5.16 Å². The maximum absolute atomic E-state index is 12.4. The quantitative estimate of drug-likeness (QED) is 0.545. The number of carbonyl (C=O) groups excluding carboxylic acids is 1. The van der Waals surface area contributed by atoms with Crippen LogP contribution in [0.1, 0.15) is 0 Å². The standard InChI is InChI=1S/C18H18N4O2S2/c1-25-17-20-15(14-5-10-26-16(14)21-17)12-3-2-4-13(11-12)19-18(23)22-6-8-24-9-7-22/h2-5,10-11H,6-9H2,1H3,(H,19,23). The predicted molar refractivity (Wildman–Crippen MR) is 106 cm³/mol. The number of hydrogen-bond acceptors (Lipinski definition) is 6. The van der Waals surface area contributed by atoms with Crippen LogP contribution in [-0.2, 0) is 4.74 Å². The van der Waals surface area contributed by atoms with Crippen molar-refractivity contribution in [3.8, 4) is 11.3 Å². The van der Waals surface area contributed by atoms with E-state index in [1.807, 2.05) is 42.0 Å². The number of morpholine rings is 1. The molecule has 1 aliphatic heterocycles. The molecule has 1 fully saturated rings. The molecule has 0 bridgehead atoms. The zero-order valence-corrected chi connectivity index (χ0v) is 15.9. The van der Waals surface area contributed by atoms with Crippen LogP contribution in [0, 0.1) is 0 Å². The van der Waals surface area contributed by atoms with Crippen molar-refractivity contribution in [3.05, 3.63) is 35.7 Å². The summed E-state index contributed by atoms with van der Waals surface area (Å²) in [7, 11) is 0. The molecule has 134 valence electrons. The van der Waals surface area contributed by atoms with E-state index in [9.17, 15) is 4.79 Å². The number of thiophene rings is 1. The molecule has 1 aromatic carbocycles. The lowest BCUT2D eigenvalue weighted by atomic mass is 10.1. The van der Waals surface area contributed by atoms with Gasteiger partial charge in [0.15, 0.2) is 5.16 Å². The second-order valence-electron chi connectivity index (χ2n) is 5.81. The van der Waals surface area contributed by atoms with Crippen molar-refractivity contribution >= 4 is 45.0 Å². The molecule has 0 saturated carbocycles. The minimum atomic E-state index is -0.0985. The Labute approximate surface area is 159 Å². The fourth-order valence-corrected chi connectivity index (χ4v) is 4.05. The first kappa shape index (κ1) is 17.3. The third-order valence-corrected chi connectivity index (χ3v) is 5.53. The number of anilines is 1. The fourth-order valence-electron chi connectivity index (χ4n) is 2.86. The molecule has 0 radical (unpaired) electrons. The molecule has 26 heavy (non-hydrogen) atoms. The number of urea groups is 1. The molecule has 0 unspecified atom stereocenters. The Bertz CT molecular complexity index is 938. The van der Waals surface area contributed by atoms with Gasteiger partial charge in [-0.3, -0.25) is 0 Å². The Morgan fingerprint density at radius 1 is 1.27 bits per heavy atom. The smallest absolute Gasteiger partial charge is 0.321 e. The molecule has 0 aliphatic carbocycles. The molecule has 2 amide bonds. The minimum Gasteiger partial charge on any atom is -0.378 e. The SMILES string of the molecule is CSc1nc(-c2cccc(NC(=O)N3CCOCC3)c2)c2ccsc2n1. The summed E-state index contributed by atoms with van der Waals surface area (Å²) in [5, 5.41) is 6.78. The van der Waals surface area contributed by atoms with Gasteiger partial charge in [0, 0.05) is 29.7 Å². The van der Waals surface area contributed by atoms with Crippen LogP contribution in [-0.4, -0.2) is 53.5 Å². The van der Waals surface area contributed by atoms with Gasteiger partial charge < -0.3 is 15.0 Å². The molecule has 3 heterocycles. The van der Waals surface area contributed by atoms with Gasteiger partial charge in [-0.05, 0) is 29.8 Å². The van der Waals surface area contributed by atoms with Crippen LogP contribution in [0.15, 0.2) is 40.9 Å². The molecule has 1 N–H and O–H groups in total. The fraction of sp³-hybridized carbons (Fsp3) is 0.278. The summed E-state index contributed by atoms with van der Waals surface area (Å²) < 4.78 is 5.30. The Hall–Kier alpha value is -2.16. The molecule has 4 rings (SSSR count). The van der Waals surface area contributed by atoms with Crippen LogP contribution in [0.4, 0.5) is 10.5 Å². The van der Waals surface area contributed by atoms with Gasteiger partial charge in [-0.15, -0.1) is 11.3 Å². The Morgan fingerprint density at radius 2 is 2.12 bits per heavy atom. The van der Waals surface area contributed by atoms with E-state index in [4.69, 9.17) is 9.72 Å². The highest BCUT2D eigenvalue weighted by atomic mass is 32.2. The van der Waals surface area contributed by atoms with E-state index in [0.29, 0.717) is 26.3 Å². The largest absolute Gasteiger partial charge is 0.378 e. The second kappa shape index (κ2) is 7.61. The third kappa shape index (κ3) is 3.53. The van der Waals surface area contributed by atoms with Crippen LogP contribution in [0.25, 0.3) is 21.5 Å². The van der Waals surface area contributed by atoms with Crippen molar-refractivity contribution < 1.29 is 9.53 Å². The van der Waals surface area contributed by atoms with Crippen molar-refractivity contribution in [3.63, 3.8) is 0 Å². The van der Waals surface area contributed by atoms with Crippen molar-refractivity contribution in [2.75, 3.05) is 37.9 Å². The molecule has 6 nitrogen and oxygen atoms in total. The molecular formula is C18H18N4O2S2. The number of carbonyl (C=O) groups is 1. The highest BCUT2D eigenvalue weighted by Gasteiger charge is 2.17. The second-order valence-corrected chi connectivity index (χ2v) is 7.48. The normalized spacial score (nSPS) is 14.6. The number of amides is 2. The van der Waals surface area contributed by atoms with E-state index in [2.05, 4.69) is 10.3 Å². The summed E-state index contributed by atoms with van der Waals surface area (Å²) in [6, 6.07) is 9.74. The average molecular weight is 387 g/mol. The molecule has 0 atom stereocenters. The first-order valence-corrected chi connectivity index (χ1v) is 10.4. The maximum Gasteiger partial charge on any atom is 0.321 e. The number of ether oxygens (including phenoxy) is 1. The summed E-state index contributed by atoms with van der Waals surface area (Å²) in [5.74, 6) is 0. The Morgan fingerprint density at radius 3 is 2.92 bits per heavy atom. The van der Waals surface area contributed by atoms with Gasteiger partial charge in [-0.25, -0.2) is 14.8 Å². The van der Waals surface area contributed by atoms with E-state index in [1.165, 1.54) is 11.8 Å². The van der Waals surface area contributed by atoms with Gasteiger partial charge in [0.25, 0.3) is 0 Å². The number of fused-ring (bicyclic) bond motifs is 1. The van der Waals surface area contributed by atoms with Gasteiger partial charge in [-0.1, -0.05) is 23.9 Å². The monoisotopic (exact) mass is 386 g/mol. The molecule has 3 aromatic rings. The number of hydrogen-bond donors (Lipinski definition) is 1. The summed E-state index contributed by atoms with van der Waals surface area (Å²) in [5.41, 5.74) is 2.61. The Balaban J connectivity index is 1.63. The summed E-state index contributed by atoms with van der Waals surface area (Å²) in [6.45, 7) is 2.40. The predicted octanol–water partition coefficient (Wildman–Crippen LogP) is 3.94. The van der Waals surface area contributed by atoms with E-state index >= 15 is 0 Å². The number of benzene rings is 1.